The molecule has 1 aliphatic rings. The molecule has 1 fully saturated rings. The largest absolute Gasteiger partial charge is 0.398 e. The Morgan fingerprint density at radius 2 is 1.74 bits per heavy atom. The number of anilines is 1. The first-order valence-corrected chi connectivity index (χ1v) is 9.94. The molecule has 4 rings (SSSR count). The van der Waals surface area contributed by atoms with Crippen LogP contribution in [0.25, 0.3) is 0 Å². The highest BCUT2D eigenvalue weighted by Crippen LogP contribution is 2.27. The van der Waals surface area contributed by atoms with Crippen LogP contribution < -0.4 is 5.73 Å². The summed E-state index contributed by atoms with van der Waals surface area (Å²) in [4.78, 5) is 6.95. The fourth-order valence-electron chi connectivity index (χ4n) is 3.85. The lowest BCUT2D eigenvalue weighted by Gasteiger charge is -2.33. The van der Waals surface area contributed by atoms with E-state index in [0.29, 0.717) is 6.04 Å². The molecular weight excluding hydrogens is 351 g/mol. The van der Waals surface area contributed by atoms with Gasteiger partial charge >= 0.3 is 0 Å². The van der Waals surface area contributed by atoms with Crippen LogP contribution in [-0.4, -0.2) is 32.8 Å². The lowest BCUT2D eigenvalue weighted by molar-refractivity contribution is 0.179. The fourth-order valence-corrected chi connectivity index (χ4v) is 4.27. The van der Waals surface area contributed by atoms with Crippen molar-refractivity contribution < 1.29 is 0 Å². The monoisotopic (exact) mass is 376 g/mol. The zero-order valence-corrected chi connectivity index (χ0v) is 16.4. The van der Waals surface area contributed by atoms with Crippen LogP contribution in [-0.2, 0) is 6.54 Å². The second-order valence-electron chi connectivity index (χ2n) is 7.14. The molecular formula is C22H25N4P. The molecule has 0 unspecified atom stereocenters. The predicted octanol–water partition coefficient (Wildman–Crippen LogP) is 4.01. The quantitative estimate of drug-likeness (QED) is 0.541. The summed E-state index contributed by atoms with van der Waals surface area (Å²) in [5.41, 5.74) is 10.4. The van der Waals surface area contributed by atoms with E-state index in [1.165, 1.54) is 5.56 Å². The van der Waals surface area contributed by atoms with Crippen LogP contribution in [0.4, 0.5) is 5.69 Å². The van der Waals surface area contributed by atoms with Crippen LogP contribution in [0.15, 0.2) is 67.1 Å². The number of imidazole rings is 1. The molecule has 2 aromatic carbocycles. The number of likely N-dealkylation sites (tertiary alicyclic amines) is 1. The van der Waals surface area contributed by atoms with Crippen molar-refractivity contribution in [1.82, 2.24) is 14.5 Å². The Balaban J connectivity index is 1.45. The van der Waals surface area contributed by atoms with Crippen molar-refractivity contribution in [3.8, 4) is 0 Å². The van der Waals surface area contributed by atoms with Gasteiger partial charge in [-0.3, -0.25) is 4.90 Å². The van der Waals surface area contributed by atoms with Gasteiger partial charge in [0.25, 0.3) is 0 Å². The number of nitrogen functional groups attached to an aromatic ring is 1. The number of rotatable bonds is 5. The Bertz CT molecular complexity index is 911. The summed E-state index contributed by atoms with van der Waals surface area (Å²) in [6.45, 7) is 3.23. The summed E-state index contributed by atoms with van der Waals surface area (Å²) < 4.78 is 2.30. The van der Waals surface area contributed by atoms with Crippen molar-refractivity contribution in [2.45, 2.75) is 25.4 Å². The van der Waals surface area contributed by atoms with Crippen LogP contribution in [0.5, 0.6) is 0 Å². The number of benzene rings is 2. The minimum Gasteiger partial charge on any atom is -0.398 e. The van der Waals surface area contributed by atoms with Gasteiger partial charge in [-0.2, -0.15) is 0 Å². The Morgan fingerprint density at radius 1 is 1.04 bits per heavy atom. The van der Waals surface area contributed by atoms with E-state index in [2.05, 4.69) is 53.6 Å². The van der Waals surface area contributed by atoms with Crippen molar-refractivity contribution in [2.75, 3.05) is 18.8 Å². The summed E-state index contributed by atoms with van der Waals surface area (Å²) in [7, 11) is 3.82. The van der Waals surface area contributed by atoms with E-state index >= 15 is 0 Å². The second-order valence-corrected chi connectivity index (χ2v) is 7.64. The number of piperidine rings is 1. The van der Waals surface area contributed by atoms with Gasteiger partial charge in [-0.1, -0.05) is 48.5 Å². The van der Waals surface area contributed by atoms with Gasteiger partial charge in [0.2, 0.25) is 0 Å². The van der Waals surface area contributed by atoms with Crippen LogP contribution in [0.1, 0.15) is 35.7 Å². The average Bonchev–Trinajstić information content (AvgIpc) is 3.19. The Labute approximate surface area is 162 Å². The van der Waals surface area contributed by atoms with Crippen molar-refractivity contribution in [2.24, 2.45) is 0 Å². The molecule has 27 heavy (non-hydrogen) atoms. The minimum absolute atomic E-state index is 0.464. The summed E-state index contributed by atoms with van der Waals surface area (Å²) in [5, 5.41) is 0.998. The van der Waals surface area contributed by atoms with Gasteiger partial charge in [-0.05, 0) is 24.5 Å². The molecule has 3 aromatic rings. The molecule has 0 amide bonds. The third-order valence-electron chi connectivity index (χ3n) is 5.35. The normalized spacial score (nSPS) is 15.7. The van der Waals surface area contributed by atoms with Crippen LogP contribution in [0, 0.1) is 0 Å². The number of hydrogen-bond donors (Lipinski definition) is 1. The van der Waals surface area contributed by atoms with Crippen LogP contribution in [0.2, 0.25) is 0 Å². The van der Waals surface area contributed by atoms with Crippen molar-refractivity contribution in [3.05, 3.63) is 83.9 Å². The van der Waals surface area contributed by atoms with Gasteiger partial charge < -0.3 is 10.3 Å². The molecule has 2 heterocycles. The number of para-hydroxylation sites is 1. The van der Waals surface area contributed by atoms with E-state index in [1.807, 2.05) is 36.8 Å². The number of nitrogens with zero attached hydrogens (tertiary/aromatic N) is 3. The number of aromatic nitrogens is 2. The van der Waals surface area contributed by atoms with E-state index in [9.17, 15) is 0 Å². The number of hydrogen-bond acceptors (Lipinski definition) is 3. The Kier molecular flexibility index (Phi) is 5.38. The molecule has 0 radical (unpaired) electrons. The molecule has 0 bridgehead atoms. The van der Waals surface area contributed by atoms with Gasteiger partial charge in [0.15, 0.2) is 0 Å². The van der Waals surface area contributed by atoms with E-state index < -0.39 is 0 Å². The second kappa shape index (κ2) is 8.08. The number of nitrogens with two attached hydrogens (primary N) is 1. The highest BCUT2D eigenvalue weighted by molar-refractivity contribution is 7.23. The molecule has 0 spiro atoms. The molecule has 138 valence electrons. The molecule has 1 aliphatic heterocycles. The molecule has 2 N–H and O–H groups in total. The highest BCUT2D eigenvalue weighted by Gasteiger charge is 2.23. The van der Waals surface area contributed by atoms with Crippen molar-refractivity contribution >= 4 is 19.8 Å². The predicted molar refractivity (Wildman–Crippen MR) is 115 cm³/mol. The minimum atomic E-state index is 0.464. The van der Waals surface area contributed by atoms with Gasteiger partial charge in [0.05, 0.1) is 18.2 Å². The van der Waals surface area contributed by atoms with Gasteiger partial charge in [0.1, 0.15) is 0 Å². The first-order chi connectivity index (χ1) is 13.2. The highest BCUT2D eigenvalue weighted by atomic mass is 31.0. The Hall–Kier alpha value is -2.42. The third kappa shape index (κ3) is 3.97. The molecule has 4 nitrogen and oxygen atoms in total. The van der Waals surface area contributed by atoms with E-state index in [-0.39, 0.29) is 0 Å². The maximum atomic E-state index is 6.16. The summed E-state index contributed by atoms with van der Waals surface area (Å²) in [6, 6.07) is 19.1. The summed E-state index contributed by atoms with van der Waals surface area (Å²) in [5.74, 6) is 0. The van der Waals surface area contributed by atoms with Gasteiger partial charge in [-0.25, -0.2) is 4.98 Å². The fraction of sp³-hybridized carbons (Fsp3) is 0.273. The smallest absolute Gasteiger partial charge is 0.0953 e. The summed E-state index contributed by atoms with van der Waals surface area (Å²) >= 11 is 0. The topological polar surface area (TPSA) is 47.1 Å². The third-order valence-corrected chi connectivity index (χ3v) is 5.88. The van der Waals surface area contributed by atoms with Gasteiger partial charge in [-0.15, -0.1) is 8.86 Å². The molecule has 5 heteroatoms. The zero-order valence-electron chi connectivity index (χ0n) is 15.4. The standard InChI is InChI=1S/C22H25N4P/c23-20-9-5-4-8-19(20)22(27)21-14-24-16-26(21)18-10-12-25(13-11-18)15-17-6-2-1-3-7-17/h1-9,14,16,18,27H,10-13,15,23H2. The summed E-state index contributed by atoms with van der Waals surface area (Å²) in [6.07, 6.45) is 6.12. The zero-order chi connectivity index (χ0) is 18.6. The van der Waals surface area contributed by atoms with Crippen LogP contribution >= 0.6 is 8.86 Å². The first kappa shape index (κ1) is 18.0. The average molecular weight is 376 g/mol. The van der Waals surface area contributed by atoms with E-state index in [1.54, 1.807) is 0 Å². The molecule has 1 aromatic heterocycles. The maximum Gasteiger partial charge on any atom is 0.0953 e. The molecule has 1 saturated heterocycles. The lowest BCUT2D eigenvalue weighted by atomic mass is 10.0. The van der Waals surface area contributed by atoms with E-state index in [4.69, 9.17) is 5.73 Å². The van der Waals surface area contributed by atoms with Crippen molar-refractivity contribution in [3.63, 3.8) is 0 Å². The van der Waals surface area contributed by atoms with Crippen molar-refractivity contribution in [1.29, 1.82) is 0 Å². The maximum absolute atomic E-state index is 6.16. The Morgan fingerprint density at radius 3 is 2.48 bits per heavy atom. The first-order valence-electron chi connectivity index (χ1n) is 9.44. The molecule has 0 atom stereocenters. The molecule has 0 aliphatic carbocycles. The molecule has 0 saturated carbocycles. The van der Waals surface area contributed by atoms with Crippen LogP contribution in [0.3, 0.4) is 0 Å². The SMILES string of the molecule is Nc1ccccc1C(=P)c1cncn1C1CCN(Cc2ccccc2)CC1. The van der Waals surface area contributed by atoms with Gasteiger partial charge in [0, 0.05) is 42.2 Å². The lowest BCUT2D eigenvalue weighted by Crippen LogP contribution is -2.34. The van der Waals surface area contributed by atoms with E-state index in [0.717, 1.165) is 54.7 Å².